The molecule has 0 aromatic rings. The molecule has 2 aliphatic rings. The molecule has 0 aromatic heterocycles. The van der Waals surface area contributed by atoms with E-state index < -0.39 is 0 Å². The Morgan fingerprint density at radius 3 is 2.69 bits per heavy atom. The van der Waals surface area contributed by atoms with E-state index in [0.717, 1.165) is 24.3 Å². The molecule has 2 fully saturated rings. The van der Waals surface area contributed by atoms with Crippen LogP contribution in [-0.4, -0.2) is 6.54 Å². The lowest BCUT2D eigenvalue weighted by Crippen LogP contribution is -2.24. The maximum atomic E-state index is 5.70. The third-order valence-corrected chi connectivity index (χ3v) is 4.13. The molecule has 0 saturated heterocycles. The Bertz CT molecular complexity index is 186. The highest BCUT2D eigenvalue weighted by atomic mass is 14.6. The molecular weight excluding hydrogens is 158 g/mol. The van der Waals surface area contributed by atoms with Crippen LogP contribution >= 0.6 is 0 Å². The molecule has 1 nitrogen and oxygen atoms in total. The Morgan fingerprint density at radius 2 is 2.15 bits per heavy atom. The summed E-state index contributed by atoms with van der Waals surface area (Å²) < 4.78 is 0. The predicted octanol–water partition coefficient (Wildman–Crippen LogP) is 2.80. The van der Waals surface area contributed by atoms with Crippen molar-refractivity contribution >= 4 is 0 Å². The van der Waals surface area contributed by atoms with Crippen LogP contribution in [0.5, 0.6) is 0 Å². The summed E-state index contributed by atoms with van der Waals surface area (Å²) in [5, 5.41) is 0. The monoisotopic (exact) mass is 181 g/mol. The fraction of sp³-hybridized carbons (Fsp3) is 1.00. The maximum Gasteiger partial charge on any atom is -0.00460 e. The average molecular weight is 181 g/mol. The molecular formula is C12H23N. The molecule has 0 spiro atoms. The second-order valence-corrected chi connectivity index (χ2v) is 5.92. The molecule has 0 amide bonds. The standard InChI is InChI=1S/C12H23N/c1-12(2)5-3-4-9(7-12)11-6-10(11)8-13/h9-11H,3-8,13H2,1-2H3. The second kappa shape index (κ2) is 3.27. The summed E-state index contributed by atoms with van der Waals surface area (Å²) >= 11 is 0. The molecule has 1 heteroatoms. The Hall–Kier alpha value is -0.0400. The molecule has 0 aliphatic heterocycles. The lowest BCUT2D eigenvalue weighted by molar-refractivity contribution is 0.161. The van der Waals surface area contributed by atoms with Gasteiger partial charge in [0.25, 0.3) is 0 Å². The van der Waals surface area contributed by atoms with Crippen molar-refractivity contribution in [2.24, 2.45) is 28.9 Å². The Morgan fingerprint density at radius 1 is 1.38 bits per heavy atom. The van der Waals surface area contributed by atoms with Gasteiger partial charge in [0.15, 0.2) is 0 Å². The van der Waals surface area contributed by atoms with Crippen LogP contribution in [0.25, 0.3) is 0 Å². The summed E-state index contributed by atoms with van der Waals surface area (Å²) in [5.74, 6) is 2.90. The normalized spacial score (nSPS) is 43.2. The zero-order valence-electron chi connectivity index (χ0n) is 9.05. The van der Waals surface area contributed by atoms with Crippen molar-refractivity contribution in [3.63, 3.8) is 0 Å². The molecule has 0 radical (unpaired) electrons. The van der Waals surface area contributed by atoms with E-state index >= 15 is 0 Å². The first-order chi connectivity index (χ1) is 6.12. The third kappa shape index (κ3) is 2.07. The smallest absolute Gasteiger partial charge is 0.00460 e. The van der Waals surface area contributed by atoms with Gasteiger partial charge in [-0.15, -0.1) is 0 Å². The van der Waals surface area contributed by atoms with E-state index in [-0.39, 0.29) is 0 Å². The molecule has 13 heavy (non-hydrogen) atoms. The third-order valence-electron chi connectivity index (χ3n) is 4.13. The first kappa shape index (κ1) is 9.51. The molecule has 0 aromatic carbocycles. The van der Waals surface area contributed by atoms with Crippen LogP contribution in [0.1, 0.15) is 46.0 Å². The molecule has 76 valence electrons. The van der Waals surface area contributed by atoms with Crippen LogP contribution in [0.15, 0.2) is 0 Å². The minimum atomic E-state index is 0.616. The van der Waals surface area contributed by atoms with Gasteiger partial charge in [-0.25, -0.2) is 0 Å². The Balaban J connectivity index is 1.87. The summed E-state index contributed by atoms with van der Waals surface area (Å²) in [5.41, 5.74) is 6.31. The lowest BCUT2D eigenvalue weighted by atomic mass is 9.70. The summed E-state index contributed by atoms with van der Waals surface area (Å²) in [7, 11) is 0. The van der Waals surface area contributed by atoms with Gasteiger partial charge in [-0.3, -0.25) is 0 Å². The highest BCUT2D eigenvalue weighted by Gasteiger charge is 2.44. The molecule has 2 rings (SSSR count). The van der Waals surface area contributed by atoms with Gasteiger partial charge in [-0.2, -0.15) is 0 Å². The van der Waals surface area contributed by atoms with Gasteiger partial charge in [0, 0.05) is 0 Å². The highest BCUT2D eigenvalue weighted by molar-refractivity contribution is 4.95. The topological polar surface area (TPSA) is 26.0 Å². The molecule has 2 N–H and O–H groups in total. The minimum absolute atomic E-state index is 0.616. The summed E-state index contributed by atoms with van der Waals surface area (Å²) in [6.45, 7) is 5.79. The minimum Gasteiger partial charge on any atom is -0.330 e. The van der Waals surface area contributed by atoms with Crippen molar-refractivity contribution in [1.29, 1.82) is 0 Å². The van der Waals surface area contributed by atoms with E-state index in [4.69, 9.17) is 5.73 Å². The highest BCUT2D eigenvalue weighted by Crippen LogP contribution is 2.52. The number of rotatable bonds is 2. The van der Waals surface area contributed by atoms with Crippen LogP contribution < -0.4 is 5.73 Å². The number of hydrogen-bond acceptors (Lipinski definition) is 1. The fourth-order valence-corrected chi connectivity index (χ4v) is 3.24. The van der Waals surface area contributed by atoms with Gasteiger partial charge in [0.1, 0.15) is 0 Å². The first-order valence-corrected chi connectivity index (χ1v) is 5.82. The molecule has 3 atom stereocenters. The quantitative estimate of drug-likeness (QED) is 0.696. The lowest BCUT2D eigenvalue weighted by Gasteiger charge is -2.35. The SMILES string of the molecule is CC1(C)CCCC(C2CC2CN)C1. The van der Waals surface area contributed by atoms with Gasteiger partial charge >= 0.3 is 0 Å². The van der Waals surface area contributed by atoms with E-state index in [1.807, 2.05) is 0 Å². The fourth-order valence-electron chi connectivity index (χ4n) is 3.24. The van der Waals surface area contributed by atoms with Crippen LogP contribution in [0, 0.1) is 23.2 Å². The van der Waals surface area contributed by atoms with Crippen molar-refractivity contribution in [2.75, 3.05) is 6.54 Å². The van der Waals surface area contributed by atoms with E-state index in [9.17, 15) is 0 Å². The molecule has 0 heterocycles. The maximum absolute atomic E-state index is 5.70. The second-order valence-electron chi connectivity index (χ2n) is 5.92. The van der Waals surface area contributed by atoms with Crippen LogP contribution in [0.4, 0.5) is 0 Å². The molecule has 0 bridgehead atoms. The van der Waals surface area contributed by atoms with Crippen molar-refractivity contribution in [2.45, 2.75) is 46.0 Å². The largest absolute Gasteiger partial charge is 0.330 e. The van der Waals surface area contributed by atoms with E-state index in [2.05, 4.69) is 13.8 Å². The van der Waals surface area contributed by atoms with Gasteiger partial charge in [0.05, 0.1) is 0 Å². The molecule has 3 unspecified atom stereocenters. The van der Waals surface area contributed by atoms with Crippen molar-refractivity contribution in [3.05, 3.63) is 0 Å². The van der Waals surface area contributed by atoms with E-state index in [1.165, 1.54) is 32.1 Å². The Kier molecular flexibility index (Phi) is 2.39. The summed E-state index contributed by atoms with van der Waals surface area (Å²) in [4.78, 5) is 0. The number of hydrogen-bond donors (Lipinski definition) is 1. The summed E-state index contributed by atoms with van der Waals surface area (Å²) in [6, 6.07) is 0. The first-order valence-electron chi connectivity index (χ1n) is 5.82. The molecule has 2 aliphatic carbocycles. The average Bonchev–Trinajstić information content (AvgIpc) is 2.80. The zero-order chi connectivity index (χ0) is 9.47. The van der Waals surface area contributed by atoms with Crippen LogP contribution in [0.3, 0.4) is 0 Å². The van der Waals surface area contributed by atoms with Crippen molar-refractivity contribution < 1.29 is 0 Å². The van der Waals surface area contributed by atoms with Crippen molar-refractivity contribution in [3.8, 4) is 0 Å². The van der Waals surface area contributed by atoms with Gasteiger partial charge < -0.3 is 5.73 Å². The summed E-state index contributed by atoms with van der Waals surface area (Å²) in [6.07, 6.45) is 7.24. The van der Waals surface area contributed by atoms with Gasteiger partial charge in [-0.05, 0) is 49.0 Å². The zero-order valence-corrected chi connectivity index (χ0v) is 9.05. The van der Waals surface area contributed by atoms with Crippen molar-refractivity contribution in [1.82, 2.24) is 0 Å². The van der Waals surface area contributed by atoms with Gasteiger partial charge in [-0.1, -0.05) is 26.7 Å². The number of nitrogens with two attached hydrogens (primary N) is 1. The van der Waals surface area contributed by atoms with Crippen LogP contribution in [-0.2, 0) is 0 Å². The van der Waals surface area contributed by atoms with E-state index in [0.29, 0.717) is 5.41 Å². The van der Waals surface area contributed by atoms with Gasteiger partial charge in [0.2, 0.25) is 0 Å². The van der Waals surface area contributed by atoms with E-state index in [1.54, 1.807) is 0 Å². The Labute approximate surface area is 82.1 Å². The molecule has 2 saturated carbocycles. The van der Waals surface area contributed by atoms with Crippen LogP contribution in [0.2, 0.25) is 0 Å². The predicted molar refractivity (Wildman–Crippen MR) is 56.4 cm³/mol.